The first-order valence-corrected chi connectivity index (χ1v) is 7.37. The Kier molecular flexibility index (Phi) is 4.89. The third-order valence-electron chi connectivity index (χ3n) is 2.20. The van der Waals surface area contributed by atoms with Gasteiger partial charge < -0.3 is 5.32 Å². The number of nitrogens with zero attached hydrogens (tertiary/aromatic N) is 1. The molecule has 0 aliphatic heterocycles. The van der Waals surface area contributed by atoms with Crippen molar-refractivity contribution in [2.24, 2.45) is 0 Å². The average Bonchev–Trinajstić information content (AvgIpc) is 2.17. The molecule has 1 N–H and O–H groups in total. The standard InChI is InChI=1S/C11H18N2O2S/c1-3-13-11(9-16(2,14)15)7-10-5-4-6-12-8-10/h4-6,8,11,13H,3,7,9H2,1-2H3. The average molecular weight is 242 g/mol. The first kappa shape index (κ1) is 13.1. The Morgan fingerprint density at radius 2 is 2.25 bits per heavy atom. The smallest absolute Gasteiger partial charge is 0.148 e. The second kappa shape index (κ2) is 5.96. The van der Waals surface area contributed by atoms with E-state index < -0.39 is 9.84 Å². The number of rotatable bonds is 6. The summed E-state index contributed by atoms with van der Waals surface area (Å²) in [6.07, 6.45) is 5.43. The molecule has 4 nitrogen and oxygen atoms in total. The van der Waals surface area contributed by atoms with Gasteiger partial charge in [0.2, 0.25) is 0 Å². The third-order valence-corrected chi connectivity index (χ3v) is 3.21. The van der Waals surface area contributed by atoms with Crippen LogP contribution in [0.2, 0.25) is 0 Å². The van der Waals surface area contributed by atoms with Gasteiger partial charge in [0.15, 0.2) is 0 Å². The van der Waals surface area contributed by atoms with E-state index in [0.29, 0.717) is 6.42 Å². The molecule has 90 valence electrons. The van der Waals surface area contributed by atoms with Crippen molar-refractivity contribution >= 4 is 9.84 Å². The lowest BCUT2D eigenvalue weighted by Gasteiger charge is -2.16. The zero-order valence-electron chi connectivity index (χ0n) is 9.68. The van der Waals surface area contributed by atoms with Crippen molar-refractivity contribution in [2.75, 3.05) is 18.6 Å². The van der Waals surface area contributed by atoms with Gasteiger partial charge in [-0.25, -0.2) is 8.42 Å². The summed E-state index contributed by atoms with van der Waals surface area (Å²) < 4.78 is 22.5. The normalized spacial score (nSPS) is 13.6. The summed E-state index contributed by atoms with van der Waals surface area (Å²) in [6.45, 7) is 2.74. The number of sulfone groups is 1. The van der Waals surface area contributed by atoms with Gasteiger partial charge in [0.1, 0.15) is 9.84 Å². The monoisotopic (exact) mass is 242 g/mol. The molecule has 0 saturated heterocycles. The van der Waals surface area contributed by atoms with Gasteiger partial charge in [-0.1, -0.05) is 13.0 Å². The van der Waals surface area contributed by atoms with Crippen LogP contribution in [0, 0.1) is 0 Å². The van der Waals surface area contributed by atoms with E-state index in [-0.39, 0.29) is 11.8 Å². The molecule has 16 heavy (non-hydrogen) atoms. The van der Waals surface area contributed by atoms with E-state index in [1.807, 2.05) is 19.1 Å². The minimum absolute atomic E-state index is 0.0378. The van der Waals surface area contributed by atoms with Crippen molar-refractivity contribution in [1.29, 1.82) is 0 Å². The quantitative estimate of drug-likeness (QED) is 0.795. The molecule has 0 aliphatic rings. The van der Waals surface area contributed by atoms with Crippen LogP contribution in [-0.4, -0.2) is 38.0 Å². The van der Waals surface area contributed by atoms with Crippen LogP contribution in [0.15, 0.2) is 24.5 Å². The molecule has 1 unspecified atom stereocenters. The molecule has 1 rings (SSSR count). The van der Waals surface area contributed by atoms with Gasteiger partial charge in [-0.2, -0.15) is 0 Å². The van der Waals surface area contributed by atoms with Crippen LogP contribution in [0.3, 0.4) is 0 Å². The van der Waals surface area contributed by atoms with Crippen LogP contribution >= 0.6 is 0 Å². The molecule has 5 heteroatoms. The second-order valence-corrected chi connectivity index (χ2v) is 6.10. The Labute approximate surface area is 97.0 Å². The maximum atomic E-state index is 11.3. The molecule has 0 bridgehead atoms. The lowest BCUT2D eigenvalue weighted by atomic mass is 10.1. The Bertz CT molecular complexity index is 403. The van der Waals surface area contributed by atoms with Gasteiger partial charge in [-0.3, -0.25) is 4.98 Å². The molecule has 1 heterocycles. The summed E-state index contributed by atoms with van der Waals surface area (Å²) in [6, 6.07) is 3.78. The highest BCUT2D eigenvalue weighted by Gasteiger charge is 2.14. The molecule has 1 aromatic heterocycles. The van der Waals surface area contributed by atoms with Crippen molar-refractivity contribution in [2.45, 2.75) is 19.4 Å². The van der Waals surface area contributed by atoms with Crippen LogP contribution in [0.4, 0.5) is 0 Å². The highest BCUT2D eigenvalue weighted by atomic mass is 32.2. The van der Waals surface area contributed by atoms with Crippen LogP contribution < -0.4 is 5.32 Å². The number of likely N-dealkylation sites (N-methyl/N-ethyl adjacent to an activating group) is 1. The second-order valence-electron chi connectivity index (χ2n) is 3.91. The topological polar surface area (TPSA) is 59.1 Å². The zero-order chi connectivity index (χ0) is 12.0. The molecule has 1 aromatic rings. The summed E-state index contributed by atoms with van der Waals surface area (Å²) in [4.78, 5) is 4.02. The van der Waals surface area contributed by atoms with E-state index in [2.05, 4.69) is 10.3 Å². The van der Waals surface area contributed by atoms with Gasteiger partial charge in [0.25, 0.3) is 0 Å². The Hall–Kier alpha value is -0.940. The van der Waals surface area contributed by atoms with Crippen molar-refractivity contribution in [3.8, 4) is 0 Å². The molecule has 0 radical (unpaired) electrons. The van der Waals surface area contributed by atoms with Crippen molar-refractivity contribution in [3.63, 3.8) is 0 Å². The van der Waals surface area contributed by atoms with E-state index in [1.165, 1.54) is 6.26 Å². The SMILES string of the molecule is CCNC(Cc1cccnc1)CS(C)(=O)=O. The molecular weight excluding hydrogens is 224 g/mol. The number of aromatic nitrogens is 1. The van der Waals surface area contributed by atoms with Gasteiger partial charge in [0, 0.05) is 24.7 Å². The van der Waals surface area contributed by atoms with Crippen molar-refractivity contribution < 1.29 is 8.42 Å². The van der Waals surface area contributed by atoms with E-state index >= 15 is 0 Å². The number of hydrogen-bond donors (Lipinski definition) is 1. The van der Waals surface area contributed by atoms with E-state index in [1.54, 1.807) is 12.4 Å². The van der Waals surface area contributed by atoms with Crippen LogP contribution in [0.1, 0.15) is 12.5 Å². The number of nitrogens with one attached hydrogen (secondary N) is 1. The minimum Gasteiger partial charge on any atom is -0.313 e. The highest BCUT2D eigenvalue weighted by molar-refractivity contribution is 7.90. The minimum atomic E-state index is -2.95. The molecule has 0 fully saturated rings. The maximum absolute atomic E-state index is 11.3. The van der Waals surface area contributed by atoms with Crippen LogP contribution in [0.25, 0.3) is 0 Å². The zero-order valence-corrected chi connectivity index (χ0v) is 10.5. The Morgan fingerprint density at radius 3 is 2.75 bits per heavy atom. The molecular formula is C11H18N2O2S. The maximum Gasteiger partial charge on any atom is 0.148 e. The summed E-state index contributed by atoms with van der Waals surface area (Å²) in [5.41, 5.74) is 1.05. The van der Waals surface area contributed by atoms with Crippen molar-refractivity contribution in [3.05, 3.63) is 30.1 Å². The molecule has 0 aromatic carbocycles. The van der Waals surface area contributed by atoms with E-state index in [4.69, 9.17) is 0 Å². The largest absolute Gasteiger partial charge is 0.313 e. The van der Waals surface area contributed by atoms with Crippen LogP contribution in [-0.2, 0) is 16.3 Å². The predicted octanol–water partition coefficient (Wildman–Crippen LogP) is 0.647. The molecule has 0 amide bonds. The fourth-order valence-electron chi connectivity index (χ4n) is 1.65. The summed E-state index contributed by atoms with van der Waals surface area (Å²) in [5.74, 6) is 0.162. The summed E-state index contributed by atoms with van der Waals surface area (Å²) >= 11 is 0. The van der Waals surface area contributed by atoms with Gasteiger partial charge in [-0.05, 0) is 24.6 Å². The van der Waals surface area contributed by atoms with E-state index in [0.717, 1.165) is 12.1 Å². The first-order chi connectivity index (χ1) is 7.51. The predicted molar refractivity (Wildman–Crippen MR) is 65.1 cm³/mol. The Balaban J connectivity index is 2.65. The Morgan fingerprint density at radius 1 is 1.50 bits per heavy atom. The van der Waals surface area contributed by atoms with Gasteiger partial charge in [0.05, 0.1) is 5.75 Å². The molecule has 1 atom stereocenters. The molecule has 0 aliphatic carbocycles. The van der Waals surface area contributed by atoms with Crippen molar-refractivity contribution in [1.82, 2.24) is 10.3 Å². The van der Waals surface area contributed by atoms with Gasteiger partial charge in [-0.15, -0.1) is 0 Å². The fourth-order valence-corrected chi connectivity index (χ4v) is 2.61. The third kappa shape index (κ3) is 5.23. The first-order valence-electron chi connectivity index (χ1n) is 5.31. The molecule has 0 saturated carbocycles. The summed E-state index contributed by atoms with van der Waals surface area (Å²) in [5, 5.41) is 3.18. The number of pyridine rings is 1. The molecule has 0 spiro atoms. The van der Waals surface area contributed by atoms with E-state index in [9.17, 15) is 8.42 Å². The lowest BCUT2D eigenvalue weighted by Crippen LogP contribution is -2.37. The lowest BCUT2D eigenvalue weighted by molar-refractivity contribution is 0.544. The highest BCUT2D eigenvalue weighted by Crippen LogP contribution is 2.03. The van der Waals surface area contributed by atoms with Gasteiger partial charge >= 0.3 is 0 Å². The summed E-state index contributed by atoms with van der Waals surface area (Å²) in [7, 11) is -2.95. The van der Waals surface area contributed by atoms with Crippen LogP contribution in [0.5, 0.6) is 0 Å². The number of hydrogen-bond acceptors (Lipinski definition) is 4. The fraction of sp³-hybridized carbons (Fsp3) is 0.545.